The van der Waals surface area contributed by atoms with Gasteiger partial charge < -0.3 is 10.1 Å². The summed E-state index contributed by atoms with van der Waals surface area (Å²) in [7, 11) is -0.342. The van der Waals surface area contributed by atoms with Gasteiger partial charge >= 0.3 is 5.97 Å². The summed E-state index contributed by atoms with van der Waals surface area (Å²) in [5, 5.41) is 2.81. The molecule has 1 unspecified atom stereocenters. The van der Waals surface area contributed by atoms with Crippen LogP contribution in [-0.4, -0.2) is 29.1 Å². The van der Waals surface area contributed by atoms with Crippen LogP contribution in [0.4, 0.5) is 5.69 Å². The minimum atomic E-state index is -1.74. The average molecular weight is 449 g/mol. The van der Waals surface area contributed by atoms with Gasteiger partial charge in [-0.15, -0.1) is 6.58 Å². The van der Waals surface area contributed by atoms with Gasteiger partial charge in [0.2, 0.25) is 11.8 Å². The number of hydrogen-bond donors (Lipinski definition) is 2. The Balaban J connectivity index is 1.69. The molecule has 1 aliphatic rings. The fourth-order valence-corrected chi connectivity index (χ4v) is 4.27. The molecule has 0 bridgehead atoms. The fraction of sp³-hybridized carbons (Fsp3) is 0.522. The minimum absolute atomic E-state index is 0.143. The van der Waals surface area contributed by atoms with Crippen LogP contribution >= 0.6 is 0 Å². The highest BCUT2D eigenvalue weighted by Gasteiger charge is 2.41. The highest BCUT2D eigenvalue weighted by Crippen LogP contribution is 2.39. The van der Waals surface area contributed by atoms with Gasteiger partial charge in [-0.25, -0.2) is 4.21 Å². The van der Waals surface area contributed by atoms with Crippen LogP contribution in [-0.2, 0) is 30.1 Å². The van der Waals surface area contributed by atoms with E-state index >= 15 is 0 Å². The molecule has 1 aromatic rings. The second kappa shape index (κ2) is 13.0. The van der Waals surface area contributed by atoms with Gasteiger partial charge in [-0.3, -0.25) is 19.1 Å². The van der Waals surface area contributed by atoms with Crippen LogP contribution < -0.4 is 10.0 Å². The van der Waals surface area contributed by atoms with Gasteiger partial charge in [0.25, 0.3) is 0 Å². The predicted octanol–water partition coefficient (Wildman–Crippen LogP) is 3.88. The summed E-state index contributed by atoms with van der Waals surface area (Å²) in [5.74, 6) is -0.583. The first-order valence-corrected chi connectivity index (χ1v) is 11.9. The second-order valence-corrected chi connectivity index (χ2v) is 8.90. The van der Waals surface area contributed by atoms with Gasteiger partial charge in [0.05, 0.1) is 17.7 Å². The summed E-state index contributed by atoms with van der Waals surface area (Å²) >= 11 is 0. The first kappa shape index (κ1) is 24.8. The van der Waals surface area contributed by atoms with Gasteiger partial charge in [-0.1, -0.05) is 43.9 Å². The number of amides is 2. The molecule has 1 aliphatic carbocycles. The van der Waals surface area contributed by atoms with Gasteiger partial charge in [-0.2, -0.15) is 0 Å². The Hall–Kier alpha value is -2.48. The van der Waals surface area contributed by atoms with Crippen molar-refractivity contribution < 1.29 is 23.3 Å². The number of allylic oxidation sites excluding steroid dienone is 1. The molecule has 31 heavy (non-hydrogen) atoms. The highest BCUT2D eigenvalue weighted by atomic mass is 32.2. The van der Waals surface area contributed by atoms with Crippen LogP contribution in [0.1, 0.15) is 57.8 Å². The maximum atomic E-state index is 12.6. The SMILES string of the molecule is C=C[C@@H]1C[C@@H]1C(=O)NS(=O)c1ccccc1NC(=O)CCCCCCCCC(=O)OC. The monoisotopic (exact) mass is 448 g/mol. The van der Waals surface area contributed by atoms with Crippen molar-refractivity contribution in [1.29, 1.82) is 0 Å². The number of nitrogens with one attached hydrogen (secondary N) is 2. The molecule has 0 spiro atoms. The lowest BCUT2D eigenvalue weighted by Crippen LogP contribution is -2.28. The third kappa shape index (κ3) is 8.65. The summed E-state index contributed by atoms with van der Waals surface area (Å²) < 4.78 is 19.7. The number of anilines is 1. The van der Waals surface area contributed by atoms with Crippen molar-refractivity contribution in [2.45, 2.75) is 62.7 Å². The summed E-state index contributed by atoms with van der Waals surface area (Å²) in [6.45, 7) is 3.68. The van der Waals surface area contributed by atoms with Crippen LogP contribution in [0, 0.1) is 11.8 Å². The summed E-state index contributed by atoms with van der Waals surface area (Å²) in [6.07, 6.45) is 8.82. The molecule has 170 valence electrons. The molecule has 1 fully saturated rings. The lowest BCUT2D eigenvalue weighted by atomic mass is 10.1. The number of unbranched alkanes of at least 4 members (excludes halogenated alkanes) is 5. The van der Waals surface area contributed by atoms with Crippen LogP contribution in [0.2, 0.25) is 0 Å². The Morgan fingerprint density at radius 1 is 1.10 bits per heavy atom. The normalized spacial score (nSPS) is 18.0. The van der Waals surface area contributed by atoms with Crippen LogP contribution in [0.5, 0.6) is 0 Å². The fourth-order valence-electron chi connectivity index (χ4n) is 3.31. The number of esters is 1. The molecular formula is C23H32N2O5S. The Labute approximate surface area is 186 Å². The zero-order chi connectivity index (χ0) is 22.6. The number of carbonyl (C=O) groups excluding carboxylic acids is 3. The molecule has 3 atom stereocenters. The summed E-state index contributed by atoms with van der Waals surface area (Å²) in [4.78, 5) is 35.9. The Morgan fingerprint density at radius 3 is 2.39 bits per heavy atom. The number of methoxy groups -OCH3 is 1. The minimum Gasteiger partial charge on any atom is -0.469 e. The second-order valence-electron chi connectivity index (χ2n) is 7.72. The molecule has 8 heteroatoms. The maximum Gasteiger partial charge on any atom is 0.305 e. The number of ether oxygens (including phenoxy) is 1. The molecule has 0 saturated heterocycles. The lowest BCUT2D eigenvalue weighted by Gasteiger charge is -2.11. The van der Waals surface area contributed by atoms with Crippen molar-refractivity contribution in [3.63, 3.8) is 0 Å². The van der Waals surface area contributed by atoms with E-state index in [9.17, 15) is 18.6 Å². The van der Waals surface area contributed by atoms with Crippen LogP contribution in [0.3, 0.4) is 0 Å². The molecule has 2 rings (SSSR count). The topological polar surface area (TPSA) is 102 Å². The zero-order valence-electron chi connectivity index (χ0n) is 18.1. The number of carbonyl (C=O) groups is 3. The molecule has 2 amide bonds. The van der Waals surface area contributed by atoms with E-state index in [0.717, 1.165) is 44.9 Å². The quantitative estimate of drug-likeness (QED) is 0.255. The molecule has 7 nitrogen and oxygen atoms in total. The third-order valence-corrected chi connectivity index (χ3v) is 6.44. The van der Waals surface area contributed by atoms with E-state index < -0.39 is 11.0 Å². The van der Waals surface area contributed by atoms with Crippen LogP contribution in [0.25, 0.3) is 0 Å². The van der Waals surface area contributed by atoms with E-state index in [0.29, 0.717) is 23.4 Å². The zero-order valence-corrected chi connectivity index (χ0v) is 18.9. The number of benzene rings is 1. The van der Waals surface area contributed by atoms with Crippen molar-refractivity contribution in [2.75, 3.05) is 12.4 Å². The summed E-state index contributed by atoms with van der Waals surface area (Å²) in [5.41, 5.74) is 0.449. The molecular weight excluding hydrogens is 416 g/mol. The molecule has 0 aromatic heterocycles. The Kier molecular flexibility index (Phi) is 10.4. The van der Waals surface area contributed by atoms with E-state index in [1.807, 2.05) is 0 Å². The first-order chi connectivity index (χ1) is 15.0. The number of hydrogen-bond acceptors (Lipinski definition) is 5. The van der Waals surface area contributed by atoms with Crippen molar-refractivity contribution >= 4 is 34.5 Å². The molecule has 0 aliphatic heterocycles. The van der Waals surface area contributed by atoms with E-state index in [1.165, 1.54) is 7.11 Å². The maximum absolute atomic E-state index is 12.6. The van der Waals surface area contributed by atoms with E-state index in [-0.39, 0.29) is 29.6 Å². The lowest BCUT2D eigenvalue weighted by molar-refractivity contribution is -0.140. The Morgan fingerprint density at radius 2 is 1.74 bits per heavy atom. The largest absolute Gasteiger partial charge is 0.469 e. The van der Waals surface area contributed by atoms with Crippen molar-refractivity contribution in [3.8, 4) is 0 Å². The highest BCUT2D eigenvalue weighted by molar-refractivity contribution is 7.83. The van der Waals surface area contributed by atoms with Crippen molar-refractivity contribution in [2.24, 2.45) is 11.8 Å². The molecule has 1 aromatic carbocycles. The van der Waals surface area contributed by atoms with E-state index in [4.69, 9.17) is 0 Å². The first-order valence-electron chi connectivity index (χ1n) is 10.8. The van der Waals surface area contributed by atoms with Crippen LogP contribution in [0.15, 0.2) is 41.8 Å². The van der Waals surface area contributed by atoms with Gasteiger partial charge in [0.1, 0.15) is 0 Å². The van der Waals surface area contributed by atoms with Gasteiger partial charge in [0, 0.05) is 18.8 Å². The molecule has 2 N–H and O–H groups in total. The molecule has 0 radical (unpaired) electrons. The van der Waals surface area contributed by atoms with Gasteiger partial charge in [-0.05, 0) is 37.3 Å². The van der Waals surface area contributed by atoms with E-state index in [2.05, 4.69) is 21.4 Å². The van der Waals surface area contributed by atoms with Gasteiger partial charge in [0.15, 0.2) is 11.0 Å². The standard InChI is InChI=1S/C23H32N2O5S/c1-3-17-16-18(17)23(28)25-31(29)20-13-11-10-12-19(20)24-21(26)14-8-6-4-5-7-9-15-22(27)30-2/h3,10-13,17-18H,1,4-9,14-16H2,2H3,(H,24,26)(H,25,28)/t17-,18+,31?/m1/s1. The van der Waals surface area contributed by atoms with Crippen molar-refractivity contribution in [1.82, 2.24) is 4.72 Å². The molecule has 1 saturated carbocycles. The molecule has 0 heterocycles. The predicted molar refractivity (Wildman–Crippen MR) is 120 cm³/mol. The number of rotatable bonds is 14. The number of para-hydroxylation sites is 1. The Bertz CT molecular complexity index is 811. The smallest absolute Gasteiger partial charge is 0.305 e. The average Bonchev–Trinajstić information content (AvgIpc) is 3.55. The third-order valence-electron chi connectivity index (χ3n) is 5.30. The van der Waals surface area contributed by atoms with Crippen molar-refractivity contribution in [3.05, 3.63) is 36.9 Å². The van der Waals surface area contributed by atoms with E-state index in [1.54, 1.807) is 30.3 Å². The summed E-state index contributed by atoms with van der Waals surface area (Å²) in [6, 6.07) is 6.79.